The monoisotopic (exact) mass is 461 g/mol. The highest BCUT2D eigenvalue weighted by molar-refractivity contribution is 9.10. The SMILES string of the molecule is CN(Cc1cc(Br)cs1)C(=O)C1(c2cccc(C(F)(F)F)c2)CCOCC1. The van der Waals surface area contributed by atoms with Gasteiger partial charge in [0.05, 0.1) is 17.5 Å². The van der Waals surface area contributed by atoms with E-state index in [2.05, 4.69) is 15.9 Å². The number of benzene rings is 1. The fraction of sp³-hybridized carbons (Fsp3) is 0.421. The van der Waals surface area contributed by atoms with E-state index < -0.39 is 17.2 Å². The highest BCUT2D eigenvalue weighted by atomic mass is 79.9. The molecule has 0 saturated carbocycles. The summed E-state index contributed by atoms with van der Waals surface area (Å²) in [6.07, 6.45) is -3.71. The molecule has 0 bridgehead atoms. The number of nitrogens with zero attached hydrogens (tertiary/aromatic N) is 1. The molecule has 0 spiro atoms. The molecule has 1 amide bonds. The summed E-state index contributed by atoms with van der Waals surface area (Å²) < 4.78 is 45.9. The number of carbonyl (C=O) groups excluding carboxylic acids is 1. The van der Waals surface area contributed by atoms with Crippen molar-refractivity contribution in [2.45, 2.75) is 31.0 Å². The standard InChI is InChI=1S/C19H19BrF3NO2S/c1-24(11-16-10-15(20)12-27-16)17(25)18(5-7-26-8-6-18)13-3-2-4-14(9-13)19(21,22)23/h2-4,9-10,12H,5-8,11H2,1H3. The molecule has 27 heavy (non-hydrogen) atoms. The molecule has 1 aliphatic heterocycles. The summed E-state index contributed by atoms with van der Waals surface area (Å²) in [7, 11) is 1.70. The zero-order valence-corrected chi connectivity index (χ0v) is 17.1. The van der Waals surface area contributed by atoms with Gasteiger partial charge in [-0.05, 0) is 46.5 Å². The van der Waals surface area contributed by atoms with E-state index in [0.29, 0.717) is 38.2 Å². The normalized spacial score (nSPS) is 16.9. The number of likely N-dealkylation sites (N-methyl/N-ethyl adjacent to an activating group) is 1. The van der Waals surface area contributed by atoms with Gasteiger partial charge in [0.1, 0.15) is 0 Å². The van der Waals surface area contributed by atoms with Gasteiger partial charge in [0, 0.05) is 35.0 Å². The average Bonchev–Trinajstić information content (AvgIpc) is 3.05. The van der Waals surface area contributed by atoms with Gasteiger partial charge >= 0.3 is 6.18 Å². The third kappa shape index (κ3) is 4.38. The first-order valence-corrected chi connectivity index (χ1v) is 10.1. The Labute approximate surface area is 168 Å². The van der Waals surface area contributed by atoms with Crippen LogP contribution in [0.3, 0.4) is 0 Å². The van der Waals surface area contributed by atoms with E-state index in [1.54, 1.807) is 18.0 Å². The Balaban J connectivity index is 1.94. The zero-order chi connectivity index (χ0) is 19.7. The fourth-order valence-electron chi connectivity index (χ4n) is 3.45. The maximum Gasteiger partial charge on any atom is 0.416 e. The molecule has 1 aromatic carbocycles. The largest absolute Gasteiger partial charge is 0.416 e. The number of ether oxygens (including phenoxy) is 1. The molecule has 2 heterocycles. The van der Waals surface area contributed by atoms with Gasteiger partial charge in [0.15, 0.2) is 0 Å². The van der Waals surface area contributed by atoms with Crippen LogP contribution in [0.4, 0.5) is 13.2 Å². The maximum absolute atomic E-state index is 13.4. The van der Waals surface area contributed by atoms with Gasteiger partial charge < -0.3 is 9.64 Å². The number of carbonyl (C=O) groups is 1. The molecular weight excluding hydrogens is 443 g/mol. The van der Waals surface area contributed by atoms with Crippen molar-refractivity contribution in [2.24, 2.45) is 0 Å². The lowest BCUT2D eigenvalue weighted by molar-refractivity contribution is -0.141. The van der Waals surface area contributed by atoms with E-state index in [9.17, 15) is 18.0 Å². The van der Waals surface area contributed by atoms with E-state index in [4.69, 9.17) is 4.74 Å². The lowest BCUT2D eigenvalue weighted by Crippen LogP contribution is -2.48. The minimum atomic E-state index is -4.44. The van der Waals surface area contributed by atoms with E-state index in [1.165, 1.54) is 17.4 Å². The molecule has 0 radical (unpaired) electrons. The van der Waals surface area contributed by atoms with Gasteiger partial charge in [-0.25, -0.2) is 0 Å². The third-order valence-corrected chi connectivity index (χ3v) is 6.54. The number of rotatable bonds is 4. The Bertz CT molecular complexity index is 815. The third-order valence-electron chi connectivity index (χ3n) is 4.86. The first-order valence-electron chi connectivity index (χ1n) is 8.46. The lowest BCUT2D eigenvalue weighted by atomic mass is 9.72. The fourth-order valence-corrected chi connectivity index (χ4v) is 4.95. The molecule has 3 rings (SSSR count). The average molecular weight is 462 g/mol. The number of amides is 1. The van der Waals surface area contributed by atoms with Crippen molar-refractivity contribution in [3.05, 3.63) is 56.2 Å². The predicted molar refractivity (Wildman–Crippen MR) is 102 cm³/mol. The summed E-state index contributed by atoms with van der Waals surface area (Å²) in [5.74, 6) is -0.172. The second kappa shape index (κ2) is 7.93. The van der Waals surface area contributed by atoms with Crippen LogP contribution in [0.15, 0.2) is 40.2 Å². The first-order chi connectivity index (χ1) is 12.7. The van der Waals surface area contributed by atoms with Crippen molar-refractivity contribution in [3.63, 3.8) is 0 Å². The molecule has 3 nitrogen and oxygen atoms in total. The van der Waals surface area contributed by atoms with Gasteiger partial charge in [-0.2, -0.15) is 13.2 Å². The molecule has 0 aliphatic carbocycles. The van der Waals surface area contributed by atoms with Crippen molar-refractivity contribution >= 4 is 33.2 Å². The Morgan fingerprint density at radius 2 is 2.00 bits per heavy atom. The zero-order valence-electron chi connectivity index (χ0n) is 14.7. The van der Waals surface area contributed by atoms with Crippen LogP contribution in [-0.4, -0.2) is 31.1 Å². The van der Waals surface area contributed by atoms with Crippen LogP contribution >= 0.6 is 27.3 Å². The second-order valence-electron chi connectivity index (χ2n) is 6.67. The Kier molecular flexibility index (Phi) is 5.98. The highest BCUT2D eigenvalue weighted by Crippen LogP contribution is 2.39. The minimum Gasteiger partial charge on any atom is -0.381 e. The molecule has 8 heteroatoms. The minimum absolute atomic E-state index is 0.172. The summed E-state index contributed by atoms with van der Waals surface area (Å²) in [6, 6.07) is 7.08. The molecule has 1 aromatic heterocycles. The summed E-state index contributed by atoms with van der Waals surface area (Å²) >= 11 is 4.92. The molecular formula is C19H19BrF3NO2S. The Morgan fingerprint density at radius 1 is 1.30 bits per heavy atom. The van der Waals surface area contributed by atoms with Crippen LogP contribution in [-0.2, 0) is 27.7 Å². The predicted octanol–water partition coefficient (Wildman–Crippen LogP) is 5.24. The second-order valence-corrected chi connectivity index (χ2v) is 8.58. The van der Waals surface area contributed by atoms with Gasteiger partial charge in [0.25, 0.3) is 0 Å². The molecule has 0 atom stereocenters. The van der Waals surface area contributed by atoms with Crippen molar-refractivity contribution in [2.75, 3.05) is 20.3 Å². The highest BCUT2D eigenvalue weighted by Gasteiger charge is 2.44. The van der Waals surface area contributed by atoms with Crippen molar-refractivity contribution in [1.82, 2.24) is 4.90 Å². The van der Waals surface area contributed by atoms with Crippen LogP contribution in [0, 0.1) is 0 Å². The first kappa shape index (κ1) is 20.4. The lowest BCUT2D eigenvalue weighted by Gasteiger charge is -2.39. The number of alkyl halides is 3. The smallest absolute Gasteiger partial charge is 0.381 e. The van der Waals surface area contributed by atoms with Crippen LogP contribution in [0.5, 0.6) is 0 Å². The number of halogens is 4. The van der Waals surface area contributed by atoms with Crippen LogP contribution in [0.1, 0.15) is 28.8 Å². The van der Waals surface area contributed by atoms with Crippen molar-refractivity contribution in [3.8, 4) is 0 Å². The Morgan fingerprint density at radius 3 is 2.59 bits per heavy atom. The Hall–Kier alpha value is -1.38. The van der Waals surface area contributed by atoms with Crippen molar-refractivity contribution < 1.29 is 22.7 Å². The van der Waals surface area contributed by atoms with E-state index >= 15 is 0 Å². The summed E-state index contributed by atoms with van der Waals surface area (Å²) in [5, 5.41) is 1.94. The topological polar surface area (TPSA) is 29.5 Å². The van der Waals surface area contributed by atoms with Gasteiger partial charge in [-0.3, -0.25) is 4.79 Å². The number of hydrogen-bond donors (Lipinski definition) is 0. The van der Waals surface area contributed by atoms with Gasteiger partial charge in [0.2, 0.25) is 5.91 Å². The quantitative estimate of drug-likeness (QED) is 0.623. The molecule has 1 saturated heterocycles. The maximum atomic E-state index is 13.4. The van der Waals surface area contributed by atoms with E-state index in [-0.39, 0.29) is 5.91 Å². The summed E-state index contributed by atoms with van der Waals surface area (Å²) in [6.45, 7) is 1.11. The molecule has 1 fully saturated rings. The van der Waals surface area contributed by atoms with Gasteiger partial charge in [-0.1, -0.05) is 18.2 Å². The molecule has 146 valence electrons. The van der Waals surface area contributed by atoms with Crippen LogP contribution in [0.2, 0.25) is 0 Å². The van der Waals surface area contributed by atoms with Crippen LogP contribution in [0.25, 0.3) is 0 Å². The van der Waals surface area contributed by atoms with Crippen molar-refractivity contribution in [1.29, 1.82) is 0 Å². The van der Waals surface area contributed by atoms with E-state index in [0.717, 1.165) is 21.5 Å². The van der Waals surface area contributed by atoms with Gasteiger partial charge in [-0.15, -0.1) is 11.3 Å². The number of thiophene rings is 1. The molecule has 1 aliphatic rings. The summed E-state index contributed by atoms with van der Waals surface area (Å²) in [4.78, 5) is 16.0. The molecule has 0 N–H and O–H groups in total. The molecule has 2 aromatic rings. The number of hydrogen-bond acceptors (Lipinski definition) is 3. The molecule has 0 unspecified atom stereocenters. The van der Waals surface area contributed by atoms with E-state index in [1.807, 2.05) is 11.4 Å². The summed E-state index contributed by atoms with van der Waals surface area (Å²) in [5.41, 5.74) is -1.32. The van der Waals surface area contributed by atoms with Crippen LogP contribution < -0.4 is 0 Å².